The number of hydrogen-bond acceptors (Lipinski definition) is 4. The molecule has 0 aromatic heterocycles. The number of nitrogens with zero attached hydrogens (tertiary/aromatic N) is 2. The maximum Gasteiger partial charge on any atom is 0.0856 e. The van der Waals surface area contributed by atoms with Crippen LogP contribution in [0.1, 0.15) is 20.8 Å². The summed E-state index contributed by atoms with van der Waals surface area (Å²) in [4.78, 5) is 1.29. The molecule has 0 aliphatic carbocycles. The second-order valence-corrected chi connectivity index (χ2v) is 6.50. The van der Waals surface area contributed by atoms with Crippen LogP contribution in [-0.4, -0.2) is 22.9 Å². The zero-order valence-electron chi connectivity index (χ0n) is 11.5. The molecule has 98 valence electrons. The Labute approximate surface area is 114 Å². The van der Waals surface area contributed by atoms with Gasteiger partial charge in [-0.1, -0.05) is 39.0 Å². The van der Waals surface area contributed by atoms with E-state index in [0.29, 0.717) is 0 Å². The van der Waals surface area contributed by atoms with Gasteiger partial charge in [-0.25, -0.2) is 0 Å². The van der Waals surface area contributed by atoms with Gasteiger partial charge in [-0.15, -0.1) is 17.3 Å². The van der Waals surface area contributed by atoms with Crippen molar-refractivity contribution in [3.63, 3.8) is 0 Å². The Hall–Kier alpha value is -1.13. The molecule has 0 spiro atoms. The maximum absolute atomic E-state index is 3.33. The Morgan fingerprint density at radius 1 is 1.17 bits per heavy atom. The van der Waals surface area contributed by atoms with Crippen LogP contribution in [0.2, 0.25) is 0 Å². The van der Waals surface area contributed by atoms with Crippen molar-refractivity contribution in [3.05, 3.63) is 42.2 Å². The van der Waals surface area contributed by atoms with E-state index in [1.807, 2.05) is 17.8 Å². The summed E-state index contributed by atoms with van der Waals surface area (Å²) in [7, 11) is 2.06. The van der Waals surface area contributed by atoms with Crippen LogP contribution < -0.4 is 5.53 Å². The van der Waals surface area contributed by atoms with E-state index in [1.165, 1.54) is 10.6 Å². The third-order valence-electron chi connectivity index (χ3n) is 2.80. The fraction of sp³-hybridized carbons (Fsp3) is 0.429. The first-order chi connectivity index (χ1) is 8.47. The number of rotatable bonds is 3. The van der Waals surface area contributed by atoms with Crippen molar-refractivity contribution in [1.82, 2.24) is 15.6 Å². The molecule has 0 saturated carbocycles. The standard InChI is InChI=1S/C14H21N3S/c1-14(2,3)13-10-17(15-16(13)4)11-18-12-8-6-5-7-9-12/h5-10,15H,11H2,1-4H3. The molecule has 0 radical (unpaired) electrons. The van der Waals surface area contributed by atoms with Crippen LogP contribution in [0.5, 0.6) is 0 Å². The predicted molar refractivity (Wildman–Crippen MR) is 77.4 cm³/mol. The van der Waals surface area contributed by atoms with Crippen molar-refractivity contribution >= 4 is 11.8 Å². The molecular formula is C14H21N3S. The highest BCUT2D eigenvalue weighted by Gasteiger charge is 2.27. The van der Waals surface area contributed by atoms with Gasteiger partial charge < -0.3 is 0 Å². The summed E-state index contributed by atoms with van der Waals surface area (Å²) in [5.74, 6) is 0.897. The number of hydrazine groups is 2. The van der Waals surface area contributed by atoms with Crippen LogP contribution in [0.15, 0.2) is 47.1 Å². The largest absolute Gasteiger partial charge is 0.296 e. The molecule has 1 aliphatic rings. The molecular weight excluding hydrogens is 242 g/mol. The van der Waals surface area contributed by atoms with E-state index in [-0.39, 0.29) is 5.41 Å². The predicted octanol–water partition coefficient (Wildman–Crippen LogP) is 3.29. The zero-order valence-corrected chi connectivity index (χ0v) is 12.3. The molecule has 0 fully saturated rings. The van der Waals surface area contributed by atoms with Gasteiger partial charge in [0.2, 0.25) is 0 Å². The Morgan fingerprint density at radius 3 is 2.39 bits per heavy atom. The van der Waals surface area contributed by atoms with E-state index in [4.69, 9.17) is 0 Å². The third kappa shape index (κ3) is 3.21. The molecule has 1 aromatic rings. The fourth-order valence-corrected chi connectivity index (χ4v) is 2.70. The highest BCUT2D eigenvalue weighted by molar-refractivity contribution is 7.99. The van der Waals surface area contributed by atoms with Crippen molar-refractivity contribution < 1.29 is 0 Å². The molecule has 0 bridgehead atoms. The molecule has 1 N–H and O–H groups in total. The molecule has 2 rings (SSSR count). The van der Waals surface area contributed by atoms with Crippen molar-refractivity contribution in [1.29, 1.82) is 0 Å². The van der Waals surface area contributed by atoms with Gasteiger partial charge in [-0.05, 0) is 12.1 Å². The summed E-state index contributed by atoms with van der Waals surface area (Å²) >= 11 is 1.82. The molecule has 0 unspecified atom stereocenters. The van der Waals surface area contributed by atoms with Gasteiger partial charge in [-0.2, -0.15) is 0 Å². The second-order valence-electron chi connectivity index (χ2n) is 5.48. The van der Waals surface area contributed by atoms with Crippen LogP contribution in [0.25, 0.3) is 0 Å². The highest BCUT2D eigenvalue weighted by Crippen LogP contribution is 2.30. The number of nitrogens with one attached hydrogen (secondary N) is 1. The number of allylic oxidation sites excluding steroid dienone is 1. The third-order valence-corrected chi connectivity index (χ3v) is 3.81. The van der Waals surface area contributed by atoms with Crippen LogP contribution in [0, 0.1) is 5.41 Å². The normalized spacial score (nSPS) is 16.1. The van der Waals surface area contributed by atoms with E-state index in [2.05, 4.69) is 73.8 Å². The monoisotopic (exact) mass is 263 g/mol. The van der Waals surface area contributed by atoms with Gasteiger partial charge in [0.15, 0.2) is 0 Å². The molecule has 0 atom stereocenters. The van der Waals surface area contributed by atoms with Gasteiger partial charge in [-0.3, -0.25) is 10.0 Å². The quantitative estimate of drug-likeness (QED) is 0.843. The topological polar surface area (TPSA) is 18.5 Å². The fourth-order valence-electron chi connectivity index (χ4n) is 1.93. The molecule has 1 heterocycles. The summed E-state index contributed by atoms with van der Waals surface area (Å²) in [5.41, 5.74) is 4.80. The number of benzene rings is 1. The minimum atomic E-state index is 0.161. The average molecular weight is 263 g/mol. The molecule has 0 saturated heterocycles. The first kappa shape index (κ1) is 13.3. The maximum atomic E-state index is 3.33. The second kappa shape index (κ2) is 5.24. The number of hydrogen-bond donors (Lipinski definition) is 1. The van der Waals surface area contributed by atoms with Gasteiger partial charge in [0.1, 0.15) is 0 Å². The minimum absolute atomic E-state index is 0.161. The van der Waals surface area contributed by atoms with E-state index >= 15 is 0 Å². The van der Waals surface area contributed by atoms with Crippen molar-refractivity contribution in [2.45, 2.75) is 25.7 Å². The highest BCUT2D eigenvalue weighted by atomic mass is 32.2. The lowest BCUT2D eigenvalue weighted by atomic mass is 9.92. The van der Waals surface area contributed by atoms with Gasteiger partial charge in [0, 0.05) is 23.6 Å². The SMILES string of the molecule is CN1NN(CSc2ccccc2)C=C1C(C)(C)C. The Morgan fingerprint density at radius 2 is 1.83 bits per heavy atom. The molecule has 3 nitrogen and oxygen atoms in total. The first-order valence-corrected chi connectivity index (χ1v) is 7.12. The van der Waals surface area contributed by atoms with E-state index in [0.717, 1.165) is 5.88 Å². The van der Waals surface area contributed by atoms with Gasteiger partial charge in [0.25, 0.3) is 0 Å². The summed E-state index contributed by atoms with van der Waals surface area (Å²) in [6.07, 6.45) is 2.19. The Kier molecular flexibility index (Phi) is 3.88. The average Bonchev–Trinajstić information content (AvgIpc) is 2.69. The zero-order chi connectivity index (χ0) is 13.2. The Balaban J connectivity index is 1.95. The minimum Gasteiger partial charge on any atom is -0.296 e. The summed E-state index contributed by atoms with van der Waals surface area (Å²) < 4.78 is 0. The van der Waals surface area contributed by atoms with Gasteiger partial charge >= 0.3 is 0 Å². The number of thioether (sulfide) groups is 1. The lowest BCUT2D eigenvalue weighted by Crippen LogP contribution is -2.39. The van der Waals surface area contributed by atoms with Crippen molar-refractivity contribution in [2.75, 3.05) is 12.9 Å². The van der Waals surface area contributed by atoms with Gasteiger partial charge in [0.05, 0.1) is 11.6 Å². The Bertz CT molecular complexity index is 422. The molecule has 18 heavy (non-hydrogen) atoms. The van der Waals surface area contributed by atoms with E-state index in [1.54, 1.807) is 0 Å². The lowest BCUT2D eigenvalue weighted by Gasteiger charge is -2.26. The van der Waals surface area contributed by atoms with Crippen molar-refractivity contribution in [3.8, 4) is 0 Å². The summed E-state index contributed by atoms with van der Waals surface area (Å²) in [5, 5.41) is 4.21. The van der Waals surface area contributed by atoms with Crippen LogP contribution >= 0.6 is 11.8 Å². The molecule has 1 aliphatic heterocycles. The van der Waals surface area contributed by atoms with Crippen LogP contribution in [0.4, 0.5) is 0 Å². The summed E-state index contributed by atoms with van der Waals surface area (Å²) in [6, 6.07) is 10.5. The summed E-state index contributed by atoms with van der Waals surface area (Å²) in [6.45, 7) is 6.68. The smallest absolute Gasteiger partial charge is 0.0856 e. The first-order valence-electron chi connectivity index (χ1n) is 6.13. The van der Waals surface area contributed by atoms with Crippen molar-refractivity contribution in [2.24, 2.45) is 5.41 Å². The molecule has 4 heteroatoms. The van der Waals surface area contributed by atoms with Crippen LogP contribution in [0.3, 0.4) is 0 Å². The van der Waals surface area contributed by atoms with E-state index < -0.39 is 0 Å². The molecule has 1 aromatic carbocycles. The van der Waals surface area contributed by atoms with E-state index in [9.17, 15) is 0 Å². The molecule has 0 amide bonds. The van der Waals surface area contributed by atoms with Crippen LogP contribution in [-0.2, 0) is 0 Å². The lowest BCUT2D eigenvalue weighted by molar-refractivity contribution is 0.158.